The molecule has 0 unspecified atom stereocenters. The molecule has 1 fully saturated rings. The molecule has 0 saturated carbocycles. The average molecular weight is 407 g/mol. The van der Waals surface area contributed by atoms with E-state index in [4.69, 9.17) is 4.74 Å². The number of aliphatic imine (C=N–C) groups is 1. The molecule has 1 aromatic carbocycles. The maximum absolute atomic E-state index is 6.14. The number of aryl methyl sites for hydroxylation is 1. The molecule has 7 heteroatoms. The number of rotatable bonds is 7. The van der Waals surface area contributed by atoms with E-state index >= 15 is 0 Å². The minimum absolute atomic E-state index is 0.149. The second-order valence-electron chi connectivity index (χ2n) is 7.46. The second kappa shape index (κ2) is 10.5. The lowest BCUT2D eigenvalue weighted by Crippen LogP contribution is -2.34. The Bertz CT molecular complexity index is 914. The van der Waals surface area contributed by atoms with Gasteiger partial charge in [0.1, 0.15) is 11.9 Å². The normalized spacial score (nSPS) is 15.2. The van der Waals surface area contributed by atoms with Crippen LogP contribution < -0.4 is 20.9 Å². The number of nitrogens with zero attached hydrogens (tertiary/aromatic N) is 3. The van der Waals surface area contributed by atoms with E-state index in [9.17, 15) is 0 Å². The highest BCUT2D eigenvalue weighted by Gasteiger charge is 2.16. The van der Waals surface area contributed by atoms with Crippen molar-refractivity contribution in [2.24, 2.45) is 4.99 Å². The van der Waals surface area contributed by atoms with Crippen LogP contribution in [-0.2, 0) is 0 Å². The predicted octanol–water partition coefficient (Wildman–Crippen LogP) is 3.76. The van der Waals surface area contributed by atoms with E-state index in [0.717, 1.165) is 37.2 Å². The number of hydrazine groups is 1. The number of allylic oxidation sites excluding steroid dienone is 1. The third-order valence-corrected chi connectivity index (χ3v) is 4.52. The van der Waals surface area contributed by atoms with Crippen LogP contribution in [0.25, 0.3) is 12.2 Å². The fraction of sp³-hybridized carbons (Fsp3) is 0.348. The van der Waals surface area contributed by atoms with E-state index in [1.807, 2.05) is 26.0 Å². The van der Waals surface area contributed by atoms with Gasteiger partial charge in [0.2, 0.25) is 5.88 Å². The van der Waals surface area contributed by atoms with Crippen molar-refractivity contribution in [1.82, 2.24) is 26.1 Å². The Morgan fingerprint density at radius 1 is 1.13 bits per heavy atom. The Morgan fingerprint density at radius 2 is 1.87 bits per heavy atom. The summed E-state index contributed by atoms with van der Waals surface area (Å²) in [5.41, 5.74) is 9.03. The van der Waals surface area contributed by atoms with Crippen molar-refractivity contribution in [3.63, 3.8) is 0 Å². The molecule has 158 valence electrons. The maximum atomic E-state index is 6.14. The first-order valence-electron chi connectivity index (χ1n) is 10.2. The molecule has 3 N–H and O–H groups in total. The summed E-state index contributed by atoms with van der Waals surface area (Å²) in [6.07, 6.45) is 5.94. The first-order valence-corrected chi connectivity index (χ1v) is 10.2. The van der Waals surface area contributed by atoms with Gasteiger partial charge < -0.3 is 15.5 Å². The van der Waals surface area contributed by atoms with E-state index in [1.54, 1.807) is 6.07 Å². The second-order valence-corrected chi connectivity index (χ2v) is 7.46. The number of hydrogen-bond acceptors (Lipinski definition) is 6. The van der Waals surface area contributed by atoms with Gasteiger partial charge in [0.05, 0.1) is 0 Å². The summed E-state index contributed by atoms with van der Waals surface area (Å²) in [4.78, 5) is 13.7. The van der Waals surface area contributed by atoms with Crippen LogP contribution in [0.5, 0.6) is 5.88 Å². The molecule has 1 aliphatic heterocycles. The van der Waals surface area contributed by atoms with Gasteiger partial charge in [-0.05, 0) is 58.3 Å². The number of nitrogens with one attached hydrogen (secondary N) is 3. The SMILES string of the molecule is C=C(C)NN/C(C)=N/c1cc(OC2CCNCC2)nc(/C=C/c2ccc(C)cc2)n1. The van der Waals surface area contributed by atoms with Crippen LogP contribution in [0.4, 0.5) is 5.82 Å². The number of ether oxygens (including phenoxy) is 1. The van der Waals surface area contributed by atoms with Gasteiger partial charge in [-0.15, -0.1) is 0 Å². The third-order valence-electron chi connectivity index (χ3n) is 4.52. The largest absolute Gasteiger partial charge is 0.474 e. The molecule has 30 heavy (non-hydrogen) atoms. The van der Waals surface area contributed by atoms with E-state index in [2.05, 4.69) is 68.9 Å². The summed E-state index contributed by atoms with van der Waals surface area (Å²) in [7, 11) is 0. The highest BCUT2D eigenvalue weighted by atomic mass is 16.5. The van der Waals surface area contributed by atoms with Crippen LogP contribution >= 0.6 is 0 Å². The summed E-state index contributed by atoms with van der Waals surface area (Å²) in [5, 5.41) is 3.35. The van der Waals surface area contributed by atoms with Gasteiger partial charge in [0.25, 0.3) is 0 Å². The number of benzene rings is 1. The van der Waals surface area contributed by atoms with Gasteiger partial charge in [-0.3, -0.25) is 5.43 Å². The van der Waals surface area contributed by atoms with Crippen LogP contribution in [-0.4, -0.2) is 35.0 Å². The topological polar surface area (TPSA) is 83.5 Å². The van der Waals surface area contributed by atoms with Crippen molar-refractivity contribution in [2.45, 2.75) is 39.7 Å². The van der Waals surface area contributed by atoms with Gasteiger partial charge in [0.15, 0.2) is 11.6 Å². The van der Waals surface area contributed by atoms with Crippen LogP contribution in [0.2, 0.25) is 0 Å². The summed E-state index contributed by atoms with van der Waals surface area (Å²) in [5.74, 6) is 2.30. The molecule has 1 saturated heterocycles. The molecule has 3 rings (SSSR count). The average Bonchev–Trinajstić information content (AvgIpc) is 2.72. The molecule has 0 bridgehead atoms. The number of hydrogen-bond donors (Lipinski definition) is 3. The minimum atomic E-state index is 0.149. The molecule has 0 amide bonds. The van der Waals surface area contributed by atoms with Crippen molar-refractivity contribution < 1.29 is 4.74 Å². The van der Waals surface area contributed by atoms with E-state index in [0.29, 0.717) is 23.4 Å². The highest BCUT2D eigenvalue weighted by molar-refractivity contribution is 5.81. The number of piperidine rings is 1. The summed E-state index contributed by atoms with van der Waals surface area (Å²) >= 11 is 0. The molecule has 0 spiro atoms. The number of amidine groups is 1. The molecule has 0 aliphatic carbocycles. The van der Waals surface area contributed by atoms with Crippen LogP contribution in [0, 0.1) is 6.92 Å². The molecule has 7 nitrogen and oxygen atoms in total. The van der Waals surface area contributed by atoms with Gasteiger partial charge >= 0.3 is 0 Å². The van der Waals surface area contributed by atoms with Crippen molar-refractivity contribution in [1.29, 1.82) is 0 Å². The first kappa shape index (κ1) is 21.5. The van der Waals surface area contributed by atoms with Crippen LogP contribution in [0.1, 0.15) is 43.6 Å². The zero-order valence-electron chi connectivity index (χ0n) is 17.9. The zero-order chi connectivity index (χ0) is 21.3. The molecule has 1 aromatic heterocycles. The molecule has 0 atom stereocenters. The summed E-state index contributed by atoms with van der Waals surface area (Å²) < 4.78 is 6.14. The Hall–Kier alpha value is -3.19. The quantitative estimate of drug-likeness (QED) is 0.369. The molecule has 2 heterocycles. The molecular weight excluding hydrogens is 376 g/mol. The molecule has 1 aliphatic rings. The Balaban J connectivity index is 1.83. The van der Waals surface area contributed by atoms with E-state index in [1.165, 1.54) is 5.56 Å². The van der Waals surface area contributed by atoms with Crippen molar-refractivity contribution in [3.8, 4) is 5.88 Å². The monoisotopic (exact) mass is 406 g/mol. The lowest BCUT2D eigenvalue weighted by atomic mass is 10.1. The Morgan fingerprint density at radius 3 is 2.57 bits per heavy atom. The van der Waals surface area contributed by atoms with E-state index in [-0.39, 0.29) is 6.10 Å². The van der Waals surface area contributed by atoms with Gasteiger partial charge in [-0.2, -0.15) is 4.98 Å². The summed E-state index contributed by atoms with van der Waals surface area (Å²) in [6, 6.07) is 10.1. The van der Waals surface area contributed by atoms with Crippen molar-refractivity contribution in [2.75, 3.05) is 13.1 Å². The molecule has 2 aromatic rings. The smallest absolute Gasteiger partial charge is 0.219 e. The zero-order valence-corrected chi connectivity index (χ0v) is 17.9. The lowest BCUT2D eigenvalue weighted by molar-refractivity contribution is 0.155. The fourth-order valence-corrected chi connectivity index (χ4v) is 2.95. The Kier molecular flexibility index (Phi) is 7.57. The van der Waals surface area contributed by atoms with Gasteiger partial charge in [-0.25, -0.2) is 9.98 Å². The number of aromatic nitrogens is 2. The Labute approximate surface area is 178 Å². The summed E-state index contributed by atoms with van der Waals surface area (Å²) in [6.45, 7) is 11.5. The minimum Gasteiger partial charge on any atom is -0.474 e. The third kappa shape index (κ3) is 7.00. The lowest BCUT2D eigenvalue weighted by Gasteiger charge is -2.23. The van der Waals surface area contributed by atoms with Crippen molar-refractivity contribution in [3.05, 3.63) is 59.6 Å². The van der Waals surface area contributed by atoms with E-state index < -0.39 is 0 Å². The van der Waals surface area contributed by atoms with Crippen molar-refractivity contribution >= 4 is 23.8 Å². The first-order chi connectivity index (χ1) is 14.5. The predicted molar refractivity (Wildman–Crippen MR) is 123 cm³/mol. The standard InChI is InChI=1S/C23H30N6O/c1-16(2)28-29-18(4)25-22-15-23(30-20-11-13-24-14-12-20)27-21(26-22)10-9-19-7-5-17(3)6-8-19/h5-10,15,20,24,28H,1,11-14H2,2-4H3,(H,25,26,27,29)/b10-9+. The maximum Gasteiger partial charge on any atom is 0.219 e. The fourth-order valence-electron chi connectivity index (χ4n) is 2.95. The van der Waals surface area contributed by atoms with Gasteiger partial charge in [-0.1, -0.05) is 42.5 Å². The highest BCUT2D eigenvalue weighted by Crippen LogP contribution is 2.21. The van der Waals surface area contributed by atoms with Crippen LogP contribution in [0.15, 0.2) is 47.6 Å². The molecular formula is C23H30N6O. The van der Waals surface area contributed by atoms with Crippen LogP contribution in [0.3, 0.4) is 0 Å². The van der Waals surface area contributed by atoms with Gasteiger partial charge in [0, 0.05) is 11.8 Å². The molecule has 0 radical (unpaired) electrons.